The number of aromatic amines is 1. The van der Waals surface area contributed by atoms with E-state index in [2.05, 4.69) is 22.1 Å². The Balaban J connectivity index is 1.62. The lowest BCUT2D eigenvalue weighted by Gasteiger charge is -2.23. The molecule has 3 rings (SSSR count). The first kappa shape index (κ1) is 14.3. The van der Waals surface area contributed by atoms with Gasteiger partial charge in [-0.3, -0.25) is 9.69 Å². The Hall–Kier alpha value is -1.65. The standard InChI is InChI=1S/C17H23N3O/c1-13(20-8-4-5-9-20)11-18-12-15-10-14-6-2-3-7-16(14)19-17(15)21/h2-3,6-7,10,13,18H,4-5,8-9,11-12H2,1H3,(H,19,21). The largest absolute Gasteiger partial charge is 0.322 e. The van der Waals surface area contributed by atoms with Gasteiger partial charge in [-0.1, -0.05) is 18.2 Å². The van der Waals surface area contributed by atoms with Crippen LogP contribution in [-0.4, -0.2) is 35.6 Å². The summed E-state index contributed by atoms with van der Waals surface area (Å²) in [5.74, 6) is 0. The highest BCUT2D eigenvalue weighted by Crippen LogP contribution is 2.12. The number of pyridine rings is 1. The molecule has 0 bridgehead atoms. The molecular weight excluding hydrogens is 262 g/mol. The molecule has 1 aromatic carbocycles. The van der Waals surface area contributed by atoms with Gasteiger partial charge in [-0.05, 0) is 50.4 Å². The number of nitrogens with one attached hydrogen (secondary N) is 2. The third-order valence-corrected chi connectivity index (χ3v) is 4.35. The van der Waals surface area contributed by atoms with Gasteiger partial charge >= 0.3 is 0 Å². The molecule has 1 aromatic heterocycles. The first-order valence-electron chi connectivity index (χ1n) is 7.80. The molecule has 2 aromatic rings. The number of likely N-dealkylation sites (tertiary alicyclic amines) is 1. The van der Waals surface area contributed by atoms with Crippen molar-refractivity contribution in [2.45, 2.75) is 32.4 Å². The predicted molar refractivity (Wildman–Crippen MR) is 86.5 cm³/mol. The molecule has 4 nitrogen and oxygen atoms in total. The number of aromatic nitrogens is 1. The van der Waals surface area contributed by atoms with Crippen LogP contribution in [0, 0.1) is 0 Å². The zero-order valence-electron chi connectivity index (χ0n) is 12.6. The number of hydrogen-bond donors (Lipinski definition) is 2. The number of benzene rings is 1. The number of fused-ring (bicyclic) bond motifs is 1. The molecule has 2 heterocycles. The zero-order valence-corrected chi connectivity index (χ0v) is 12.6. The number of rotatable bonds is 5. The third kappa shape index (κ3) is 3.34. The van der Waals surface area contributed by atoms with Crippen LogP contribution >= 0.6 is 0 Å². The molecule has 0 aliphatic carbocycles. The van der Waals surface area contributed by atoms with E-state index < -0.39 is 0 Å². The second kappa shape index (κ2) is 6.41. The maximum absolute atomic E-state index is 12.1. The Bertz CT molecular complexity index is 658. The number of para-hydroxylation sites is 1. The van der Waals surface area contributed by atoms with Crippen molar-refractivity contribution in [2.24, 2.45) is 0 Å². The van der Waals surface area contributed by atoms with Crippen LogP contribution in [-0.2, 0) is 6.54 Å². The van der Waals surface area contributed by atoms with Gasteiger partial charge < -0.3 is 10.3 Å². The molecule has 1 atom stereocenters. The van der Waals surface area contributed by atoms with Gasteiger partial charge in [0.1, 0.15) is 0 Å². The highest BCUT2D eigenvalue weighted by atomic mass is 16.1. The Morgan fingerprint density at radius 1 is 1.29 bits per heavy atom. The van der Waals surface area contributed by atoms with Crippen molar-refractivity contribution in [3.63, 3.8) is 0 Å². The molecule has 4 heteroatoms. The molecule has 1 unspecified atom stereocenters. The Kier molecular flexibility index (Phi) is 4.36. The summed E-state index contributed by atoms with van der Waals surface area (Å²) in [5, 5.41) is 4.51. The van der Waals surface area contributed by atoms with Gasteiger partial charge in [0, 0.05) is 30.2 Å². The monoisotopic (exact) mass is 285 g/mol. The molecule has 0 spiro atoms. The molecule has 112 valence electrons. The van der Waals surface area contributed by atoms with E-state index in [4.69, 9.17) is 0 Å². The van der Waals surface area contributed by atoms with E-state index in [9.17, 15) is 4.79 Å². The first-order valence-corrected chi connectivity index (χ1v) is 7.80. The van der Waals surface area contributed by atoms with Crippen LogP contribution in [0.25, 0.3) is 10.9 Å². The SMILES string of the molecule is CC(CNCc1cc2ccccc2[nH]c1=O)N1CCCC1. The maximum Gasteiger partial charge on any atom is 0.252 e. The van der Waals surface area contributed by atoms with E-state index in [-0.39, 0.29) is 5.56 Å². The molecular formula is C17H23N3O. The summed E-state index contributed by atoms with van der Waals surface area (Å²) in [6.45, 7) is 6.21. The minimum Gasteiger partial charge on any atom is -0.322 e. The molecule has 1 aliphatic rings. The van der Waals surface area contributed by atoms with Gasteiger partial charge in [-0.25, -0.2) is 0 Å². The van der Waals surface area contributed by atoms with Crippen LogP contribution in [0.3, 0.4) is 0 Å². The molecule has 0 amide bonds. The highest BCUT2D eigenvalue weighted by molar-refractivity contribution is 5.78. The first-order chi connectivity index (χ1) is 10.2. The number of nitrogens with zero attached hydrogens (tertiary/aromatic N) is 1. The number of hydrogen-bond acceptors (Lipinski definition) is 3. The van der Waals surface area contributed by atoms with Crippen molar-refractivity contribution >= 4 is 10.9 Å². The average molecular weight is 285 g/mol. The van der Waals surface area contributed by atoms with Crippen LogP contribution in [0.4, 0.5) is 0 Å². The summed E-state index contributed by atoms with van der Waals surface area (Å²) in [5.41, 5.74) is 1.72. The molecule has 1 fully saturated rings. The topological polar surface area (TPSA) is 48.1 Å². The predicted octanol–water partition coefficient (Wildman–Crippen LogP) is 2.10. The van der Waals surface area contributed by atoms with Crippen LogP contribution < -0.4 is 10.9 Å². The normalized spacial score (nSPS) is 17.4. The molecule has 2 N–H and O–H groups in total. The second-order valence-corrected chi connectivity index (χ2v) is 5.93. The lowest BCUT2D eigenvalue weighted by Crippen LogP contribution is -2.38. The quantitative estimate of drug-likeness (QED) is 0.884. The molecule has 1 aliphatic heterocycles. The van der Waals surface area contributed by atoms with Crippen LogP contribution in [0.15, 0.2) is 35.1 Å². The third-order valence-electron chi connectivity index (χ3n) is 4.35. The van der Waals surface area contributed by atoms with Crippen LogP contribution in [0.5, 0.6) is 0 Å². The summed E-state index contributed by atoms with van der Waals surface area (Å²) in [7, 11) is 0. The van der Waals surface area contributed by atoms with Gasteiger partial charge in [0.2, 0.25) is 0 Å². The minimum atomic E-state index is 0.00928. The summed E-state index contributed by atoms with van der Waals surface area (Å²) >= 11 is 0. The van der Waals surface area contributed by atoms with Crippen molar-refractivity contribution in [3.8, 4) is 0 Å². The Labute approximate surface area is 125 Å². The Morgan fingerprint density at radius 3 is 2.86 bits per heavy atom. The summed E-state index contributed by atoms with van der Waals surface area (Å²) in [6.07, 6.45) is 2.63. The fourth-order valence-electron chi connectivity index (χ4n) is 3.05. The van der Waals surface area contributed by atoms with Crippen molar-refractivity contribution in [1.82, 2.24) is 15.2 Å². The van der Waals surface area contributed by atoms with Crippen molar-refractivity contribution in [1.29, 1.82) is 0 Å². The maximum atomic E-state index is 12.1. The van der Waals surface area contributed by atoms with Gasteiger partial charge in [-0.2, -0.15) is 0 Å². The van der Waals surface area contributed by atoms with Gasteiger partial charge in [-0.15, -0.1) is 0 Å². The van der Waals surface area contributed by atoms with Gasteiger partial charge in [0.05, 0.1) is 0 Å². The second-order valence-electron chi connectivity index (χ2n) is 5.93. The van der Waals surface area contributed by atoms with Crippen molar-refractivity contribution in [3.05, 3.63) is 46.2 Å². The summed E-state index contributed by atoms with van der Waals surface area (Å²) < 4.78 is 0. The lowest BCUT2D eigenvalue weighted by molar-refractivity contribution is 0.251. The van der Waals surface area contributed by atoms with E-state index in [1.165, 1.54) is 25.9 Å². The molecule has 1 saturated heterocycles. The van der Waals surface area contributed by atoms with Crippen molar-refractivity contribution < 1.29 is 0 Å². The molecule has 0 radical (unpaired) electrons. The zero-order chi connectivity index (χ0) is 14.7. The number of H-pyrrole nitrogens is 1. The average Bonchev–Trinajstić information content (AvgIpc) is 3.02. The van der Waals surface area contributed by atoms with Gasteiger partial charge in [0.15, 0.2) is 0 Å². The minimum absolute atomic E-state index is 0.00928. The molecule has 0 saturated carbocycles. The molecule has 21 heavy (non-hydrogen) atoms. The fourth-order valence-corrected chi connectivity index (χ4v) is 3.05. The van der Waals surface area contributed by atoms with E-state index in [1.54, 1.807) is 0 Å². The van der Waals surface area contributed by atoms with E-state index in [0.717, 1.165) is 23.0 Å². The van der Waals surface area contributed by atoms with Crippen LogP contribution in [0.1, 0.15) is 25.3 Å². The lowest BCUT2D eigenvalue weighted by atomic mass is 10.1. The fraction of sp³-hybridized carbons (Fsp3) is 0.471. The highest BCUT2D eigenvalue weighted by Gasteiger charge is 2.17. The summed E-state index contributed by atoms with van der Waals surface area (Å²) in [4.78, 5) is 17.5. The van der Waals surface area contributed by atoms with Gasteiger partial charge in [0.25, 0.3) is 5.56 Å². The van der Waals surface area contributed by atoms with Crippen molar-refractivity contribution in [2.75, 3.05) is 19.6 Å². The van der Waals surface area contributed by atoms with E-state index >= 15 is 0 Å². The summed E-state index contributed by atoms with van der Waals surface area (Å²) in [6, 6.07) is 10.4. The van der Waals surface area contributed by atoms with Crippen LogP contribution in [0.2, 0.25) is 0 Å². The van der Waals surface area contributed by atoms with E-state index in [0.29, 0.717) is 12.6 Å². The van der Waals surface area contributed by atoms with E-state index in [1.807, 2.05) is 30.3 Å². The Morgan fingerprint density at radius 2 is 2.05 bits per heavy atom. The smallest absolute Gasteiger partial charge is 0.252 e.